The first-order valence-corrected chi connectivity index (χ1v) is 9.54. The monoisotopic (exact) mass is 455 g/mol. The molecule has 0 aliphatic heterocycles. The highest BCUT2D eigenvalue weighted by molar-refractivity contribution is 6.01. The number of urea groups is 1. The molecule has 0 spiro atoms. The summed E-state index contributed by atoms with van der Waals surface area (Å²) in [4.78, 5) is 12.5. The first kappa shape index (κ1) is 21.7. The first-order chi connectivity index (χ1) is 15.8. The number of hydrogen-bond donors (Lipinski definition) is 2. The van der Waals surface area contributed by atoms with E-state index < -0.39 is 17.8 Å². The van der Waals surface area contributed by atoms with Crippen LogP contribution in [-0.2, 0) is 6.18 Å². The third-order valence-electron chi connectivity index (χ3n) is 4.44. The number of rotatable bonds is 5. The van der Waals surface area contributed by atoms with E-state index in [9.17, 15) is 23.2 Å². The third-order valence-corrected chi connectivity index (χ3v) is 4.44. The minimum absolute atomic E-state index is 0.0642. The molecule has 0 saturated carbocycles. The van der Waals surface area contributed by atoms with E-state index in [0.717, 1.165) is 12.1 Å². The highest BCUT2D eigenvalue weighted by Crippen LogP contribution is 2.33. The number of nitrogens with zero attached hydrogens (tertiary/aromatic N) is 3. The van der Waals surface area contributed by atoms with Crippen LogP contribution in [0.1, 0.15) is 5.56 Å². The van der Waals surface area contributed by atoms with Crippen LogP contribution in [0.15, 0.2) is 85.5 Å². The van der Waals surface area contributed by atoms with Crippen LogP contribution in [0, 0.1) is 5.21 Å². The normalized spacial score (nSPS) is 11.1. The second-order valence-electron chi connectivity index (χ2n) is 6.78. The summed E-state index contributed by atoms with van der Waals surface area (Å²) in [6.45, 7) is 0. The van der Waals surface area contributed by atoms with Crippen molar-refractivity contribution in [2.45, 2.75) is 6.18 Å². The quantitative estimate of drug-likeness (QED) is 0.329. The summed E-state index contributed by atoms with van der Waals surface area (Å²) < 4.78 is 47.0. The number of amides is 2. The van der Waals surface area contributed by atoms with Gasteiger partial charge >= 0.3 is 12.2 Å². The number of anilines is 2. The third kappa shape index (κ3) is 5.39. The maximum Gasteiger partial charge on any atom is 0.416 e. The van der Waals surface area contributed by atoms with E-state index in [4.69, 9.17) is 4.74 Å². The molecule has 168 valence electrons. The highest BCUT2D eigenvalue weighted by Gasteiger charge is 2.31. The fourth-order valence-electron chi connectivity index (χ4n) is 2.92. The number of carbonyl (C=O) groups is 1. The molecule has 33 heavy (non-hydrogen) atoms. The van der Waals surface area contributed by atoms with Gasteiger partial charge in [-0.05, 0) is 48.5 Å². The molecule has 2 aromatic carbocycles. The minimum Gasteiger partial charge on any atom is -0.619 e. The Labute approximate surface area is 185 Å². The summed E-state index contributed by atoms with van der Waals surface area (Å²) in [5, 5.41) is 20.1. The summed E-state index contributed by atoms with van der Waals surface area (Å²) in [5.74, 6) is 0.916. The fraction of sp³-hybridized carbons (Fsp3) is 0.0455. The summed E-state index contributed by atoms with van der Waals surface area (Å²) in [6.07, 6.45) is 1.03. The van der Waals surface area contributed by atoms with Crippen LogP contribution in [0.3, 0.4) is 0 Å². The number of ether oxygens (including phenoxy) is 1. The van der Waals surface area contributed by atoms with Crippen molar-refractivity contribution in [1.82, 2.24) is 9.78 Å². The van der Waals surface area contributed by atoms with Crippen molar-refractivity contribution >= 4 is 17.4 Å². The summed E-state index contributed by atoms with van der Waals surface area (Å²) in [6, 6.07) is 13.2. The second kappa shape index (κ2) is 8.91. The number of alkyl halides is 3. The van der Waals surface area contributed by atoms with E-state index in [1.807, 2.05) is 0 Å². The molecular weight excluding hydrogens is 439 g/mol. The molecule has 0 saturated heterocycles. The maximum absolute atomic E-state index is 13.2. The van der Waals surface area contributed by atoms with E-state index in [-0.39, 0.29) is 11.4 Å². The molecule has 4 rings (SSSR count). The lowest BCUT2D eigenvalue weighted by Crippen LogP contribution is -2.23. The zero-order valence-electron chi connectivity index (χ0n) is 16.8. The molecule has 0 aliphatic carbocycles. The van der Waals surface area contributed by atoms with E-state index in [2.05, 4.69) is 15.7 Å². The lowest BCUT2D eigenvalue weighted by atomic mass is 10.1. The predicted octanol–water partition coefficient (Wildman–Crippen LogP) is 4.96. The smallest absolute Gasteiger partial charge is 0.416 e. The number of halogens is 3. The Hall–Kier alpha value is -4.54. The number of pyridine rings is 1. The van der Waals surface area contributed by atoms with Gasteiger partial charge in [-0.25, -0.2) is 9.48 Å². The van der Waals surface area contributed by atoms with Crippen molar-refractivity contribution in [3.8, 4) is 17.2 Å². The number of nitrogens with one attached hydrogen (secondary N) is 2. The van der Waals surface area contributed by atoms with Gasteiger partial charge in [-0.2, -0.15) is 23.0 Å². The fourth-order valence-corrected chi connectivity index (χ4v) is 2.92. The van der Waals surface area contributed by atoms with Gasteiger partial charge < -0.3 is 20.6 Å². The van der Waals surface area contributed by atoms with Crippen molar-refractivity contribution < 1.29 is 27.4 Å². The van der Waals surface area contributed by atoms with E-state index in [1.54, 1.807) is 36.5 Å². The maximum atomic E-state index is 13.2. The molecule has 0 bridgehead atoms. The Morgan fingerprint density at radius 2 is 1.70 bits per heavy atom. The van der Waals surface area contributed by atoms with Gasteiger partial charge in [0.15, 0.2) is 12.4 Å². The van der Waals surface area contributed by atoms with Gasteiger partial charge in [0.2, 0.25) is 0 Å². The number of hydrogen-bond acceptors (Lipinski definition) is 4. The molecule has 0 atom stereocenters. The molecule has 0 radical (unpaired) electrons. The lowest BCUT2D eigenvalue weighted by Gasteiger charge is -2.15. The lowest BCUT2D eigenvalue weighted by molar-refractivity contribution is -0.605. The molecule has 2 N–H and O–H groups in total. The Bertz CT molecular complexity index is 1240. The molecule has 0 aliphatic rings. The van der Waals surface area contributed by atoms with Crippen LogP contribution >= 0.6 is 0 Å². The zero-order chi connectivity index (χ0) is 23.4. The molecule has 2 amide bonds. The first-order valence-electron chi connectivity index (χ1n) is 9.54. The van der Waals surface area contributed by atoms with Crippen LogP contribution in [0.5, 0.6) is 11.5 Å². The van der Waals surface area contributed by atoms with Crippen molar-refractivity contribution in [1.29, 1.82) is 0 Å². The molecule has 0 unspecified atom stereocenters. The molecule has 8 nitrogen and oxygen atoms in total. The van der Waals surface area contributed by atoms with Crippen molar-refractivity contribution in [3.05, 3.63) is 96.2 Å². The van der Waals surface area contributed by atoms with Crippen LogP contribution in [0.25, 0.3) is 5.69 Å². The largest absolute Gasteiger partial charge is 0.619 e. The van der Waals surface area contributed by atoms with E-state index in [1.165, 1.54) is 41.5 Å². The summed E-state index contributed by atoms with van der Waals surface area (Å²) >= 11 is 0. The second-order valence-corrected chi connectivity index (χ2v) is 6.78. The van der Waals surface area contributed by atoms with Gasteiger partial charge in [0, 0.05) is 30.2 Å². The predicted molar refractivity (Wildman–Crippen MR) is 113 cm³/mol. The SMILES string of the molecule is O=C(Nc1ccc(Oc2cc[n+]([O-])cc2)cc1)Nc1cc(C(F)(F)F)ccc1-n1cccn1. The van der Waals surface area contributed by atoms with Crippen LogP contribution < -0.4 is 20.1 Å². The van der Waals surface area contributed by atoms with Crippen LogP contribution in [-0.4, -0.2) is 15.8 Å². The van der Waals surface area contributed by atoms with Gasteiger partial charge in [-0.1, -0.05) is 0 Å². The van der Waals surface area contributed by atoms with Crippen molar-refractivity contribution in [3.63, 3.8) is 0 Å². The van der Waals surface area contributed by atoms with Gasteiger partial charge in [0.05, 0.1) is 16.9 Å². The topological polar surface area (TPSA) is 95.1 Å². The molecule has 2 aromatic heterocycles. The standard InChI is InChI=1S/C22H16F3N5O3/c23-22(24,25)15-2-7-20(30-11-1-10-26-30)19(14-15)28-21(31)27-16-3-5-17(6-4-16)33-18-8-12-29(32)13-9-18/h1-14H,(H2,27,28,31). The Balaban J connectivity index is 1.47. The van der Waals surface area contributed by atoms with Crippen LogP contribution in [0.2, 0.25) is 0 Å². The number of aromatic nitrogens is 3. The zero-order valence-corrected chi connectivity index (χ0v) is 16.8. The highest BCUT2D eigenvalue weighted by atomic mass is 19.4. The Morgan fingerprint density at radius 1 is 1.00 bits per heavy atom. The summed E-state index contributed by atoms with van der Waals surface area (Å²) in [5.41, 5.74) is -0.309. The number of benzene rings is 2. The number of carbonyl (C=O) groups excluding carboxylic acids is 1. The molecular formula is C22H16F3N5O3. The van der Waals surface area contributed by atoms with E-state index in [0.29, 0.717) is 21.9 Å². The van der Waals surface area contributed by atoms with Crippen LogP contribution in [0.4, 0.5) is 29.3 Å². The molecule has 4 aromatic rings. The van der Waals surface area contributed by atoms with Gasteiger partial charge in [0.25, 0.3) is 0 Å². The van der Waals surface area contributed by atoms with Gasteiger partial charge in [0.1, 0.15) is 11.5 Å². The average molecular weight is 455 g/mol. The van der Waals surface area contributed by atoms with E-state index >= 15 is 0 Å². The van der Waals surface area contributed by atoms with Gasteiger partial charge in [-0.15, -0.1) is 0 Å². The Kier molecular flexibility index (Phi) is 5.85. The minimum atomic E-state index is -4.57. The average Bonchev–Trinajstić information content (AvgIpc) is 3.31. The van der Waals surface area contributed by atoms with Gasteiger partial charge in [-0.3, -0.25) is 0 Å². The molecule has 2 heterocycles. The Morgan fingerprint density at radius 3 is 2.33 bits per heavy atom. The van der Waals surface area contributed by atoms with Crippen molar-refractivity contribution in [2.24, 2.45) is 0 Å². The summed E-state index contributed by atoms with van der Waals surface area (Å²) in [7, 11) is 0. The molecule has 11 heteroatoms. The molecule has 0 fully saturated rings. The van der Waals surface area contributed by atoms with Crippen molar-refractivity contribution in [2.75, 3.05) is 10.6 Å².